The molecule has 2 saturated heterocycles. The molecule has 2 amide bonds. The molecule has 2 aromatic rings. The van der Waals surface area contributed by atoms with Crippen LogP contribution in [0.3, 0.4) is 0 Å². The molecule has 2 aromatic carbocycles. The minimum absolute atomic E-state index is 0.0876. The van der Waals surface area contributed by atoms with E-state index < -0.39 is 56.4 Å². The van der Waals surface area contributed by atoms with E-state index in [0.29, 0.717) is 6.61 Å². The molecule has 10 heteroatoms. The van der Waals surface area contributed by atoms with Crippen molar-refractivity contribution in [2.75, 3.05) is 13.2 Å². The van der Waals surface area contributed by atoms with Gasteiger partial charge >= 0.3 is 5.97 Å². The van der Waals surface area contributed by atoms with Gasteiger partial charge in [0.25, 0.3) is 11.8 Å². The van der Waals surface area contributed by atoms with Gasteiger partial charge in [-0.05, 0) is 18.2 Å². The number of esters is 1. The third-order valence-electron chi connectivity index (χ3n) is 6.97. The van der Waals surface area contributed by atoms with E-state index in [1.807, 2.05) is 30.3 Å². The number of benzene rings is 2. The maximum absolute atomic E-state index is 13.7. The average Bonchev–Trinajstić information content (AvgIpc) is 3.13. The van der Waals surface area contributed by atoms with Crippen molar-refractivity contribution < 1.29 is 38.1 Å². The van der Waals surface area contributed by atoms with Crippen LogP contribution >= 0.6 is 0 Å². The number of hydrogen-bond acceptors (Lipinski definition) is 8. The Labute approximate surface area is 223 Å². The second-order valence-corrected chi connectivity index (χ2v) is 16.7. The zero-order valence-corrected chi connectivity index (χ0v) is 23.0. The molecule has 0 aliphatic carbocycles. The highest BCUT2D eigenvalue weighted by Crippen LogP contribution is 2.46. The highest BCUT2D eigenvalue weighted by atomic mass is 28.3. The molecule has 0 radical (unpaired) electrons. The van der Waals surface area contributed by atoms with E-state index in [2.05, 4.69) is 19.6 Å². The van der Waals surface area contributed by atoms with Gasteiger partial charge in [-0.15, -0.1) is 0 Å². The largest absolute Gasteiger partial charge is 0.435 e. The lowest BCUT2D eigenvalue weighted by Crippen LogP contribution is -2.71. The van der Waals surface area contributed by atoms with Crippen LogP contribution < -0.4 is 0 Å². The van der Waals surface area contributed by atoms with E-state index >= 15 is 0 Å². The quantitative estimate of drug-likeness (QED) is 0.294. The Kier molecular flexibility index (Phi) is 7.27. The summed E-state index contributed by atoms with van der Waals surface area (Å²) in [6, 6.07) is 16.8. The van der Waals surface area contributed by atoms with Crippen LogP contribution in [0.4, 0.5) is 0 Å². The summed E-state index contributed by atoms with van der Waals surface area (Å²) in [5.41, 5.74) is -0.564. The third kappa shape index (κ3) is 5.06. The fourth-order valence-corrected chi connectivity index (χ4v) is 5.89. The lowest BCUT2D eigenvalue weighted by Gasteiger charge is -2.53. The first-order chi connectivity index (χ1) is 18.1. The number of imide groups is 1. The molecular formula is C28H33NO8Si. The molecule has 2 fully saturated rings. The van der Waals surface area contributed by atoms with Crippen LogP contribution in [0.2, 0.25) is 25.7 Å². The second kappa shape index (κ2) is 10.3. The molecule has 1 unspecified atom stereocenters. The van der Waals surface area contributed by atoms with Crippen LogP contribution in [0.25, 0.3) is 0 Å². The number of rotatable bonds is 7. The summed E-state index contributed by atoms with van der Waals surface area (Å²) >= 11 is 0. The first-order valence-corrected chi connectivity index (χ1v) is 16.6. The van der Waals surface area contributed by atoms with Gasteiger partial charge in [0.15, 0.2) is 12.6 Å². The van der Waals surface area contributed by atoms with Gasteiger partial charge in [0, 0.05) is 27.2 Å². The van der Waals surface area contributed by atoms with Gasteiger partial charge < -0.3 is 23.7 Å². The molecule has 9 nitrogen and oxygen atoms in total. The standard InChI is InChI=1S/C28H33NO8Si/c1-18(30)37-28(29-25(31)20-12-8-9-13-21(20)26(29)32)16-23(33-14-15-38(2,3)4)35-22-17-34-27(36-24(22)28)19-10-6-5-7-11-19/h5-13,22-24,27H,14-17H2,1-4H3/t22-,23-,24-,27?,28-/m1/s1. The third-order valence-corrected chi connectivity index (χ3v) is 8.67. The number of nitrogens with zero attached hydrogens (tertiary/aromatic N) is 1. The first kappa shape index (κ1) is 26.7. The molecule has 202 valence electrons. The first-order valence-electron chi connectivity index (χ1n) is 12.9. The average molecular weight is 540 g/mol. The Morgan fingerprint density at radius 2 is 1.63 bits per heavy atom. The minimum Gasteiger partial charge on any atom is -0.435 e. The summed E-state index contributed by atoms with van der Waals surface area (Å²) in [5.74, 6) is -1.77. The molecule has 3 heterocycles. The van der Waals surface area contributed by atoms with Crippen molar-refractivity contribution in [3.05, 3.63) is 71.3 Å². The number of amides is 2. The Bertz CT molecular complexity index is 1180. The highest BCUT2D eigenvalue weighted by Gasteiger charge is 2.64. The van der Waals surface area contributed by atoms with E-state index in [1.54, 1.807) is 24.3 Å². The Hall–Kier alpha value is -2.89. The smallest absolute Gasteiger partial charge is 0.304 e. The lowest BCUT2D eigenvalue weighted by molar-refractivity contribution is -0.373. The van der Waals surface area contributed by atoms with Crippen molar-refractivity contribution in [2.45, 2.75) is 69.5 Å². The lowest BCUT2D eigenvalue weighted by atomic mass is 9.91. The Morgan fingerprint density at radius 1 is 1.00 bits per heavy atom. The number of fused-ring (bicyclic) bond motifs is 2. The van der Waals surface area contributed by atoms with Crippen LogP contribution in [0.15, 0.2) is 54.6 Å². The van der Waals surface area contributed by atoms with Crippen molar-refractivity contribution in [1.82, 2.24) is 4.90 Å². The predicted octanol–water partition coefficient (Wildman–Crippen LogP) is 4.13. The van der Waals surface area contributed by atoms with Gasteiger partial charge in [0.05, 0.1) is 24.2 Å². The van der Waals surface area contributed by atoms with Crippen LogP contribution in [-0.2, 0) is 28.5 Å². The molecule has 0 spiro atoms. The fourth-order valence-electron chi connectivity index (χ4n) is 5.16. The molecule has 0 bridgehead atoms. The Morgan fingerprint density at radius 3 is 2.24 bits per heavy atom. The maximum Gasteiger partial charge on any atom is 0.304 e. The van der Waals surface area contributed by atoms with Gasteiger partial charge in [0.1, 0.15) is 12.2 Å². The molecule has 38 heavy (non-hydrogen) atoms. The predicted molar refractivity (Wildman–Crippen MR) is 139 cm³/mol. The molecule has 0 N–H and O–H groups in total. The molecule has 3 aliphatic heterocycles. The van der Waals surface area contributed by atoms with E-state index in [9.17, 15) is 14.4 Å². The fraction of sp³-hybridized carbons (Fsp3) is 0.464. The number of ether oxygens (including phenoxy) is 5. The minimum atomic E-state index is -1.80. The molecule has 5 rings (SSSR count). The van der Waals surface area contributed by atoms with Gasteiger partial charge in [-0.3, -0.25) is 14.4 Å². The number of carbonyl (C=O) groups is 3. The van der Waals surface area contributed by atoms with E-state index in [0.717, 1.165) is 16.5 Å². The van der Waals surface area contributed by atoms with Crippen LogP contribution in [0.1, 0.15) is 45.9 Å². The zero-order chi connectivity index (χ0) is 27.1. The van der Waals surface area contributed by atoms with Gasteiger partial charge in [-0.2, -0.15) is 0 Å². The summed E-state index contributed by atoms with van der Waals surface area (Å²) < 4.78 is 30.7. The maximum atomic E-state index is 13.7. The summed E-state index contributed by atoms with van der Waals surface area (Å²) in [5, 5.41) is 0. The SMILES string of the molecule is CC(=O)O[C@]1(N2C(=O)c3ccccc3C2=O)C[C@H](OCC[Si](C)(C)C)O[C@@H]2COC(c3ccccc3)O[C@H]21. The molecular weight excluding hydrogens is 506 g/mol. The molecule has 5 atom stereocenters. The van der Waals surface area contributed by atoms with Crippen molar-refractivity contribution in [3.63, 3.8) is 0 Å². The highest BCUT2D eigenvalue weighted by molar-refractivity contribution is 6.76. The van der Waals surface area contributed by atoms with Crippen molar-refractivity contribution in [3.8, 4) is 0 Å². The van der Waals surface area contributed by atoms with Crippen LogP contribution in [0.5, 0.6) is 0 Å². The topological polar surface area (TPSA) is 101 Å². The zero-order valence-electron chi connectivity index (χ0n) is 22.0. The van der Waals surface area contributed by atoms with E-state index in [-0.39, 0.29) is 24.2 Å². The normalized spacial score (nSPS) is 29.1. The molecule has 3 aliphatic rings. The molecule has 0 saturated carbocycles. The van der Waals surface area contributed by atoms with Crippen molar-refractivity contribution >= 4 is 25.9 Å². The van der Waals surface area contributed by atoms with Crippen molar-refractivity contribution in [2.24, 2.45) is 0 Å². The summed E-state index contributed by atoms with van der Waals surface area (Å²) in [4.78, 5) is 41.1. The van der Waals surface area contributed by atoms with E-state index in [4.69, 9.17) is 23.7 Å². The van der Waals surface area contributed by atoms with Crippen molar-refractivity contribution in [1.29, 1.82) is 0 Å². The van der Waals surface area contributed by atoms with Gasteiger partial charge in [0.2, 0.25) is 5.72 Å². The molecule has 0 aromatic heterocycles. The monoisotopic (exact) mass is 539 g/mol. The van der Waals surface area contributed by atoms with Crippen LogP contribution in [0, 0.1) is 0 Å². The summed E-state index contributed by atoms with van der Waals surface area (Å²) in [6.07, 6.45) is -3.52. The van der Waals surface area contributed by atoms with Crippen LogP contribution in [-0.4, -0.2) is 68.2 Å². The van der Waals surface area contributed by atoms with Gasteiger partial charge in [-0.1, -0.05) is 62.1 Å². The summed E-state index contributed by atoms with van der Waals surface area (Å²) in [6.45, 7) is 8.49. The number of hydrogen-bond donors (Lipinski definition) is 0. The Balaban J connectivity index is 1.55. The van der Waals surface area contributed by atoms with E-state index in [1.165, 1.54) is 6.92 Å². The summed E-state index contributed by atoms with van der Waals surface area (Å²) in [7, 11) is -1.41. The van der Waals surface area contributed by atoms with Gasteiger partial charge in [-0.25, -0.2) is 4.90 Å². The second-order valence-electron chi connectivity index (χ2n) is 11.1. The number of carbonyl (C=O) groups excluding carboxylic acids is 3.